The van der Waals surface area contributed by atoms with E-state index >= 15 is 0 Å². The summed E-state index contributed by atoms with van der Waals surface area (Å²) in [5.41, 5.74) is 5.66. The van der Waals surface area contributed by atoms with Crippen molar-refractivity contribution in [1.82, 2.24) is 5.01 Å². The third-order valence-corrected chi connectivity index (χ3v) is 4.20. The van der Waals surface area contributed by atoms with Gasteiger partial charge < -0.3 is 19.6 Å². The molecule has 0 radical (unpaired) electrons. The minimum Gasteiger partial charge on any atom is -0.486 e. The summed E-state index contributed by atoms with van der Waals surface area (Å²) in [7, 11) is 1.64. The van der Waals surface area contributed by atoms with E-state index in [1.54, 1.807) is 43.7 Å². The lowest BCUT2D eigenvalue weighted by atomic mass is 10.3. The van der Waals surface area contributed by atoms with Gasteiger partial charge in [0.15, 0.2) is 5.11 Å². The largest absolute Gasteiger partial charge is 0.486 e. The van der Waals surface area contributed by atoms with Crippen LogP contribution in [0.1, 0.15) is 17.9 Å². The Morgan fingerprint density at radius 3 is 2.81 bits per heavy atom. The first-order chi connectivity index (χ1) is 12.5. The van der Waals surface area contributed by atoms with E-state index < -0.39 is 0 Å². The van der Waals surface area contributed by atoms with Crippen LogP contribution < -0.4 is 10.5 Å². The molecule has 2 aromatic rings. The van der Waals surface area contributed by atoms with Crippen molar-refractivity contribution in [3.8, 4) is 5.75 Å². The fourth-order valence-electron chi connectivity index (χ4n) is 1.97. The smallest absolute Gasteiger partial charge is 0.186 e. The summed E-state index contributed by atoms with van der Waals surface area (Å²) in [4.78, 5) is 0. The average Bonchev–Trinajstić information content (AvgIpc) is 3.06. The maximum Gasteiger partial charge on any atom is 0.186 e. The summed E-state index contributed by atoms with van der Waals surface area (Å²) < 4.78 is 16.3. The fourth-order valence-corrected chi connectivity index (χ4v) is 2.40. The second-order valence-electron chi connectivity index (χ2n) is 5.22. The molecule has 0 fully saturated rings. The minimum absolute atomic E-state index is 0.187. The number of halogens is 2. The predicted octanol–water partition coefficient (Wildman–Crippen LogP) is 4.08. The molecule has 1 aromatic carbocycles. The molecule has 2 N–H and O–H groups in total. The third kappa shape index (κ3) is 6.49. The molecule has 1 heterocycles. The number of nitrogens with zero attached hydrogens (tertiary/aromatic N) is 2. The maximum atomic E-state index is 5.96. The lowest BCUT2D eigenvalue weighted by Gasteiger charge is -2.15. The van der Waals surface area contributed by atoms with Gasteiger partial charge in [-0.25, -0.2) is 5.01 Å². The first kappa shape index (κ1) is 20.5. The number of rotatable bonds is 9. The SMILES string of the molecule is COCCCN(N=Cc1ccc(COc2ccc(Cl)c(Cl)c2)o1)C(N)=S. The fraction of sp³-hybridized carbons (Fsp3) is 0.294. The topological polar surface area (TPSA) is 73.2 Å². The molecule has 0 spiro atoms. The van der Waals surface area contributed by atoms with Crippen LogP contribution in [0, 0.1) is 0 Å². The van der Waals surface area contributed by atoms with Crippen molar-refractivity contribution < 1.29 is 13.9 Å². The van der Waals surface area contributed by atoms with Crippen LogP contribution in [0.3, 0.4) is 0 Å². The van der Waals surface area contributed by atoms with Crippen LogP contribution in [0.4, 0.5) is 0 Å². The molecule has 0 aliphatic carbocycles. The van der Waals surface area contributed by atoms with Crippen molar-refractivity contribution in [3.63, 3.8) is 0 Å². The van der Waals surface area contributed by atoms with E-state index in [0.29, 0.717) is 40.5 Å². The molecule has 0 aliphatic rings. The van der Waals surface area contributed by atoms with Crippen LogP contribution in [-0.2, 0) is 11.3 Å². The van der Waals surface area contributed by atoms with Crippen LogP contribution >= 0.6 is 35.4 Å². The number of hydrazone groups is 1. The first-order valence-electron chi connectivity index (χ1n) is 7.76. The summed E-state index contributed by atoms with van der Waals surface area (Å²) in [5, 5.41) is 6.85. The monoisotopic (exact) mass is 415 g/mol. The van der Waals surface area contributed by atoms with E-state index in [9.17, 15) is 0 Å². The van der Waals surface area contributed by atoms with Crippen LogP contribution in [0.15, 0.2) is 39.9 Å². The molecular formula is C17H19Cl2N3O3S. The van der Waals surface area contributed by atoms with Gasteiger partial charge in [-0.3, -0.25) is 0 Å². The zero-order chi connectivity index (χ0) is 18.9. The van der Waals surface area contributed by atoms with Crippen LogP contribution in [0.2, 0.25) is 10.0 Å². The van der Waals surface area contributed by atoms with Crippen molar-refractivity contribution in [2.75, 3.05) is 20.3 Å². The standard InChI is InChI=1S/C17H19Cl2N3O3S/c1-23-8-2-7-22(17(20)26)21-10-13-3-4-14(25-13)11-24-12-5-6-15(18)16(19)9-12/h3-6,9-10H,2,7-8,11H2,1H3,(H2,20,26). The lowest BCUT2D eigenvalue weighted by Crippen LogP contribution is -2.32. The Morgan fingerprint density at radius 2 is 2.12 bits per heavy atom. The molecule has 9 heteroatoms. The van der Waals surface area contributed by atoms with E-state index in [-0.39, 0.29) is 11.7 Å². The first-order valence-corrected chi connectivity index (χ1v) is 8.92. The molecule has 26 heavy (non-hydrogen) atoms. The zero-order valence-electron chi connectivity index (χ0n) is 14.2. The summed E-state index contributed by atoms with van der Waals surface area (Å²) in [6.07, 6.45) is 2.31. The highest BCUT2D eigenvalue weighted by molar-refractivity contribution is 7.80. The number of ether oxygens (including phenoxy) is 2. The highest BCUT2D eigenvalue weighted by Crippen LogP contribution is 2.26. The molecule has 2 rings (SSSR count). The van der Waals surface area contributed by atoms with E-state index in [2.05, 4.69) is 5.10 Å². The second kappa shape index (κ2) is 10.4. The summed E-state index contributed by atoms with van der Waals surface area (Å²) in [5.74, 6) is 1.80. The van der Waals surface area contributed by atoms with Gasteiger partial charge in [0.2, 0.25) is 0 Å². The van der Waals surface area contributed by atoms with Crippen molar-refractivity contribution in [2.45, 2.75) is 13.0 Å². The Labute approximate surface area is 167 Å². The summed E-state index contributed by atoms with van der Waals surface area (Å²) in [6.45, 7) is 1.41. The number of methoxy groups -OCH3 is 1. The number of hydrogen-bond acceptors (Lipinski definition) is 5. The molecule has 0 saturated heterocycles. The van der Waals surface area contributed by atoms with Crippen molar-refractivity contribution in [1.29, 1.82) is 0 Å². The van der Waals surface area contributed by atoms with Gasteiger partial charge in [-0.1, -0.05) is 23.2 Å². The summed E-state index contributed by atoms with van der Waals surface area (Å²) >= 11 is 16.8. The number of nitrogens with two attached hydrogens (primary N) is 1. The summed E-state index contributed by atoms with van der Waals surface area (Å²) in [6, 6.07) is 8.64. The Balaban J connectivity index is 1.91. The van der Waals surface area contributed by atoms with Gasteiger partial charge in [0.1, 0.15) is 23.9 Å². The quantitative estimate of drug-likeness (QED) is 0.287. The van der Waals surface area contributed by atoms with Gasteiger partial charge in [0.25, 0.3) is 0 Å². The number of furan rings is 1. The highest BCUT2D eigenvalue weighted by Gasteiger charge is 2.06. The molecular weight excluding hydrogens is 397 g/mol. The number of thiocarbonyl (C=S) groups is 1. The minimum atomic E-state index is 0.187. The van der Waals surface area contributed by atoms with Gasteiger partial charge in [0.05, 0.1) is 16.3 Å². The number of benzene rings is 1. The second-order valence-corrected chi connectivity index (χ2v) is 6.45. The van der Waals surface area contributed by atoms with Gasteiger partial charge in [-0.15, -0.1) is 0 Å². The van der Waals surface area contributed by atoms with Gasteiger partial charge >= 0.3 is 0 Å². The average molecular weight is 416 g/mol. The molecule has 6 nitrogen and oxygen atoms in total. The predicted molar refractivity (Wildman–Crippen MR) is 107 cm³/mol. The van der Waals surface area contributed by atoms with E-state index in [1.807, 2.05) is 0 Å². The molecule has 0 saturated carbocycles. The molecule has 140 valence electrons. The maximum absolute atomic E-state index is 5.96. The van der Waals surface area contributed by atoms with Gasteiger partial charge in [0, 0.05) is 26.3 Å². The van der Waals surface area contributed by atoms with Gasteiger partial charge in [-0.2, -0.15) is 5.10 Å². The molecule has 1 aromatic heterocycles. The van der Waals surface area contributed by atoms with Crippen LogP contribution in [0.25, 0.3) is 0 Å². The molecule has 0 bridgehead atoms. The number of hydrogen-bond donors (Lipinski definition) is 1. The Bertz CT molecular complexity index is 767. The van der Waals surface area contributed by atoms with Crippen molar-refractivity contribution in [3.05, 3.63) is 51.9 Å². The molecule has 0 unspecified atom stereocenters. The molecule has 0 atom stereocenters. The molecule has 0 aliphatic heterocycles. The Morgan fingerprint density at radius 1 is 1.31 bits per heavy atom. The van der Waals surface area contributed by atoms with Crippen LogP contribution in [0.5, 0.6) is 5.75 Å². The zero-order valence-corrected chi connectivity index (χ0v) is 16.5. The van der Waals surface area contributed by atoms with Gasteiger partial charge in [-0.05, 0) is 42.9 Å². The van der Waals surface area contributed by atoms with E-state index in [1.165, 1.54) is 5.01 Å². The highest BCUT2D eigenvalue weighted by atomic mass is 35.5. The van der Waals surface area contributed by atoms with E-state index in [4.69, 9.17) is 55.0 Å². The molecule has 0 amide bonds. The van der Waals surface area contributed by atoms with E-state index in [0.717, 1.165) is 6.42 Å². The third-order valence-electron chi connectivity index (χ3n) is 3.25. The van der Waals surface area contributed by atoms with Crippen LogP contribution in [-0.4, -0.2) is 36.6 Å². The van der Waals surface area contributed by atoms with Crippen molar-refractivity contribution in [2.24, 2.45) is 10.8 Å². The Hall–Kier alpha value is -1.80. The van der Waals surface area contributed by atoms with Crippen molar-refractivity contribution >= 4 is 46.7 Å². The normalized spacial score (nSPS) is 11.0. The lowest BCUT2D eigenvalue weighted by molar-refractivity contribution is 0.187. The Kier molecular flexibility index (Phi) is 8.18.